The average Bonchev–Trinajstić information content (AvgIpc) is 2.30. The maximum Gasteiger partial charge on any atom is 0.173 e. The average molecular weight is 255 g/mol. The third-order valence-electron chi connectivity index (χ3n) is 2.86. The summed E-state index contributed by atoms with van der Waals surface area (Å²) in [7, 11) is -3.25. The van der Waals surface area contributed by atoms with Gasteiger partial charge in [0.15, 0.2) is 9.84 Å². The minimum atomic E-state index is -3.25. The fourth-order valence-corrected chi connectivity index (χ4v) is 3.67. The van der Waals surface area contributed by atoms with Crippen LogP contribution in [-0.2, 0) is 15.6 Å². The predicted molar refractivity (Wildman–Crippen MR) is 66.6 cm³/mol. The molecule has 0 radical (unpaired) electrons. The Morgan fingerprint density at radius 1 is 1.35 bits per heavy atom. The van der Waals surface area contributed by atoms with E-state index in [1.807, 2.05) is 30.3 Å². The molecule has 1 aromatic carbocycles. The van der Waals surface area contributed by atoms with Crippen LogP contribution in [0, 0.1) is 0 Å². The number of hydrogen-bond donors (Lipinski definition) is 2. The topological polar surface area (TPSA) is 75.4 Å². The van der Waals surface area contributed by atoms with Gasteiger partial charge in [-0.15, -0.1) is 0 Å². The standard InChI is InChI=1S/C11H17N3O2S/c12-14-7-6-13-8-11(14)17(15,16)9-10-4-2-1-3-5-10/h1-5,11,13H,6-9,12H2. The van der Waals surface area contributed by atoms with Crippen LogP contribution in [0.1, 0.15) is 5.56 Å². The van der Waals surface area contributed by atoms with Crippen LogP contribution in [0.5, 0.6) is 0 Å². The predicted octanol–water partition coefficient (Wildman–Crippen LogP) is -0.294. The fraction of sp³-hybridized carbons (Fsp3) is 0.455. The zero-order valence-electron chi connectivity index (χ0n) is 9.54. The largest absolute Gasteiger partial charge is 0.313 e. The van der Waals surface area contributed by atoms with Crippen molar-refractivity contribution in [3.05, 3.63) is 35.9 Å². The van der Waals surface area contributed by atoms with E-state index in [1.165, 1.54) is 5.01 Å². The van der Waals surface area contributed by atoms with Gasteiger partial charge in [-0.3, -0.25) is 5.84 Å². The molecule has 17 heavy (non-hydrogen) atoms. The minimum absolute atomic E-state index is 0.0356. The summed E-state index contributed by atoms with van der Waals surface area (Å²) >= 11 is 0. The Hall–Kier alpha value is -0.950. The van der Waals surface area contributed by atoms with Gasteiger partial charge in [-0.25, -0.2) is 13.4 Å². The van der Waals surface area contributed by atoms with Crippen molar-refractivity contribution < 1.29 is 8.42 Å². The Morgan fingerprint density at radius 3 is 2.71 bits per heavy atom. The summed E-state index contributed by atoms with van der Waals surface area (Å²) in [5.41, 5.74) is 0.798. The van der Waals surface area contributed by atoms with E-state index in [0.717, 1.165) is 12.1 Å². The molecule has 5 nitrogen and oxygen atoms in total. The van der Waals surface area contributed by atoms with Gasteiger partial charge in [0, 0.05) is 19.6 Å². The molecule has 1 unspecified atom stereocenters. The lowest BCUT2D eigenvalue weighted by Gasteiger charge is -2.31. The molecule has 1 aromatic rings. The Kier molecular flexibility index (Phi) is 3.78. The molecule has 0 amide bonds. The number of nitrogens with zero attached hydrogens (tertiary/aromatic N) is 1. The first kappa shape index (κ1) is 12.5. The van der Waals surface area contributed by atoms with E-state index in [1.54, 1.807) is 0 Å². The van der Waals surface area contributed by atoms with Crippen molar-refractivity contribution in [3.63, 3.8) is 0 Å². The normalized spacial score (nSPS) is 22.5. The molecule has 3 N–H and O–H groups in total. The zero-order valence-corrected chi connectivity index (χ0v) is 10.4. The lowest BCUT2D eigenvalue weighted by Crippen LogP contribution is -2.57. The Bertz CT molecular complexity index is 461. The molecule has 1 aliphatic rings. The van der Waals surface area contributed by atoms with E-state index in [0.29, 0.717) is 13.1 Å². The van der Waals surface area contributed by atoms with Crippen molar-refractivity contribution >= 4 is 9.84 Å². The van der Waals surface area contributed by atoms with E-state index in [4.69, 9.17) is 5.84 Å². The Morgan fingerprint density at radius 2 is 2.06 bits per heavy atom. The van der Waals surface area contributed by atoms with Gasteiger partial charge in [-0.2, -0.15) is 0 Å². The summed E-state index contributed by atoms with van der Waals surface area (Å²) in [4.78, 5) is 0. The van der Waals surface area contributed by atoms with E-state index in [9.17, 15) is 8.42 Å². The Labute approximate surface area is 101 Å². The quantitative estimate of drug-likeness (QED) is 0.726. The third-order valence-corrected chi connectivity index (χ3v) is 4.86. The van der Waals surface area contributed by atoms with Gasteiger partial charge in [-0.1, -0.05) is 30.3 Å². The molecule has 0 aliphatic carbocycles. The molecule has 0 spiro atoms. The van der Waals surface area contributed by atoms with Crippen molar-refractivity contribution in [1.82, 2.24) is 10.3 Å². The second kappa shape index (κ2) is 5.14. The maximum atomic E-state index is 12.2. The van der Waals surface area contributed by atoms with Crippen LogP contribution >= 0.6 is 0 Å². The van der Waals surface area contributed by atoms with Crippen molar-refractivity contribution in [3.8, 4) is 0 Å². The van der Waals surface area contributed by atoms with Gasteiger partial charge in [0.05, 0.1) is 5.75 Å². The molecule has 94 valence electrons. The first-order valence-corrected chi connectivity index (χ1v) is 7.29. The first-order chi connectivity index (χ1) is 8.09. The van der Waals surface area contributed by atoms with Crippen molar-refractivity contribution in [2.45, 2.75) is 11.1 Å². The van der Waals surface area contributed by atoms with Gasteiger partial charge in [0.25, 0.3) is 0 Å². The van der Waals surface area contributed by atoms with Crippen LogP contribution in [-0.4, -0.2) is 38.4 Å². The second-order valence-electron chi connectivity index (χ2n) is 4.19. The van der Waals surface area contributed by atoms with Crippen molar-refractivity contribution in [2.75, 3.05) is 19.6 Å². The van der Waals surface area contributed by atoms with Crippen LogP contribution in [0.3, 0.4) is 0 Å². The Balaban J connectivity index is 2.13. The molecule has 0 saturated carbocycles. The number of hydrazine groups is 1. The highest BCUT2D eigenvalue weighted by molar-refractivity contribution is 7.91. The SMILES string of the molecule is NN1CCNCC1S(=O)(=O)Cc1ccccc1. The van der Waals surface area contributed by atoms with E-state index in [-0.39, 0.29) is 5.75 Å². The summed E-state index contributed by atoms with van der Waals surface area (Å²) in [6, 6.07) is 9.17. The monoisotopic (exact) mass is 255 g/mol. The van der Waals surface area contributed by atoms with Crippen LogP contribution < -0.4 is 11.2 Å². The highest BCUT2D eigenvalue weighted by Crippen LogP contribution is 2.13. The van der Waals surface area contributed by atoms with E-state index < -0.39 is 15.2 Å². The number of nitrogens with two attached hydrogens (primary N) is 1. The van der Waals surface area contributed by atoms with Crippen LogP contribution in [0.4, 0.5) is 0 Å². The number of nitrogens with one attached hydrogen (secondary N) is 1. The van der Waals surface area contributed by atoms with Gasteiger partial charge in [0.2, 0.25) is 0 Å². The lowest BCUT2D eigenvalue weighted by atomic mass is 10.2. The number of benzene rings is 1. The molecule has 1 fully saturated rings. The van der Waals surface area contributed by atoms with Gasteiger partial charge in [-0.05, 0) is 5.56 Å². The van der Waals surface area contributed by atoms with Crippen molar-refractivity contribution in [2.24, 2.45) is 5.84 Å². The number of rotatable bonds is 3. The minimum Gasteiger partial charge on any atom is -0.313 e. The van der Waals surface area contributed by atoms with Crippen LogP contribution in [0.25, 0.3) is 0 Å². The number of piperazine rings is 1. The molecule has 0 bridgehead atoms. The zero-order chi connectivity index (χ0) is 12.3. The molecule has 1 heterocycles. The smallest absolute Gasteiger partial charge is 0.173 e. The lowest BCUT2D eigenvalue weighted by molar-refractivity contribution is 0.215. The molecule has 1 saturated heterocycles. The molecule has 6 heteroatoms. The fourth-order valence-electron chi connectivity index (χ4n) is 1.93. The summed E-state index contributed by atoms with van der Waals surface area (Å²) in [5, 5.41) is 3.84. The molecular formula is C11H17N3O2S. The summed E-state index contributed by atoms with van der Waals surface area (Å²) in [6.45, 7) is 1.68. The van der Waals surface area contributed by atoms with E-state index >= 15 is 0 Å². The summed E-state index contributed by atoms with van der Waals surface area (Å²) in [6.07, 6.45) is 0. The molecule has 1 atom stereocenters. The van der Waals surface area contributed by atoms with Crippen molar-refractivity contribution in [1.29, 1.82) is 0 Å². The number of hydrogen-bond acceptors (Lipinski definition) is 5. The van der Waals surface area contributed by atoms with Gasteiger partial charge < -0.3 is 5.32 Å². The molecule has 0 aromatic heterocycles. The molecule has 1 aliphatic heterocycles. The maximum absolute atomic E-state index is 12.2. The highest BCUT2D eigenvalue weighted by atomic mass is 32.2. The third kappa shape index (κ3) is 3.04. The van der Waals surface area contributed by atoms with Gasteiger partial charge in [0.1, 0.15) is 5.37 Å². The molecular weight excluding hydrogens is 238 g/mol. The van der Waals surface area contributed by atoms with E-state index in [2.05, 4.69) is 5.32 Å². The van der Waals surface area contributed by atoms with Crippen LogP contribution in [0.15, 0.2) is 30.3 Å². The molecule has 2 rings (SSSR count). The second-order valence-corrected chi connectivity index (χ2v) is 6.35. The first-order valence-electron chi connectivity index (χ1n) is 5.57. The summed E-state index contributed by atoms with van der Waals surface area (Å²) in [5.74, 6) is 5.77. The van der Waals surface area contributed by atoms with Crippen LogP contribution in [0.2, 0.25) is 0 Å². The van der Waals surface area contributed by atoms with Gasteiger partial charge >= 0.3 is 0 Å². The number of sulfone groups is 1. The summed E-state index contributed by atoms with van der Waals surface area (Å²) < 4.78 is 24.4. The highest BCUT2D eigenvalue weighted by Gasteiger charge is 2.31.